The summed E-state index contributed by atoms with van der Waals surface area (Å²) in [7, 11) is 0. The van der Waals surface area contributed by atoms with Crippen molar-refractivity contribution in [3.63, 3.8) is 0 Å². The molecule has 1 saturated heterocycles. The van der Waals surface area contributed by atoms with Crippen LogP contribution in [0.3, 0.4) is 0 Å². The highest BCUT2D eigenvalue weighted by Gasteiger charge is 2.26. The van der Waals surface area contributed by atoms with E-state index in [0.29, 0.717) is 31.9 Å². The smallest absolute Gasteiger partial charge is 0.289 e. The van der Waals surface area contributed by atoms with Crippen molar-refractivity contribution in [2.45, 2.75) is 6.54 Å². The lowest BCUT2D eigenvalue weighted by Gasteiger charge is -2.34. The molecule has 166 valence electrons. The van der Waals surface area contributed by atoms with Crippen molar-refractivity contribution in [2.75, 3.05) is 26.2 Å². The van der Waals surface area contributed by atoms with E-state index in [1.807, 2.05) is 42.5 Å². The number of carbonyl (C=O) groups excluding carboxylic acids is 2. The molecule has 0 atom stereocenters. The summed E-state index contributed by atoms with van der Waals surface area (Å²) in [6.07, 6.45) is 1.46. The van der Waals surface area contributed by atoms with E-state index in [4.69, 9.17) is 4.42 Å². The van der Waals surface area contributed by atoms with E-state index < -0.39 is 0 Å². The molecule has 1 aliphatic heterocycles. The van der Waals surface area contributed by atoms with E-state index in [1.165, 1.54) is 17.0 Å². The highest BCUT2D eigenvalue weighted by molar-refractivity contribution is 5.95. The summed E-state index contributed by atoms with van der Waals surface area (Å²) < 4.78 is 6.38. The average Bonchev–Trinajstić information content (AvgIpc) is 3.40. The molecule has 1 fully saturated rings. The topological polar surface area (TPSA) is 88.7 Å². The maximum absolute atomic E-state index is 12.9. The Bertz CT molecular complexity index is 1360. The SMILES string of the molecule is O=C(Cn1nc(-c2cccc3ccccc23)ccc1=O)N1CCN(C(=O)c2ccco2)CC1. The minimum atomic E-state index is -0.334. The second kappa shape index (κ2) is 8.74. The summed E-state index contributed by atoms with van der Waals surface area (Å²) in [5.41, 5.74) is 1.20. The molecule has 2 aromatic carbocycles. The Morgan fingerprint density at radius 2 is 1.61 bits per heavy atom. The molecule has 33 heavy (non-hydrogen) atoms. The summed E-state index contributed by atoms with van der Waals surface area (Å²) in [6, 6.07) is 20.3. The molecule has 0 spiro atoms. The van der Waals surface area contributed by atoms with Crippen LogP contribution in [-0.2, 0) is 11.3 Å². The maximum atomic E-state index is 12.9. The maximum Gasteiger partial charge on any atom is 0.289 e. The Hall–Kier alpha value is -4.20. The van der Waals surface area contributed by atoms with Gasteiger partial charge in [0.2, 0.25) is 5.91 Å². The van der Waals surface area contributed by atoms with Gasteiger partial charge in [-0.05, 0) is 29.0 Å². The summed E-state index contributed by atoms with van der Waals surface area (Å²) in [6.45, 7) is 1.45. The van der Waals surface area contributed by atoms with Crippen LogP contribution in [0, 0.1) is 0 Å². The Morgan fingerprint density at radius 3 is 2.39 bits per heavy atom. The summed E-state index contributed by atoms with van der Waals surface area (Å²) in [5, 5.41) is 6.59. The number of rotatable bonds is 4. The van der Waals surface area contributed by atoms with Gasteiger partial charge in [0.25, 0.3) is 11.5 Å². The van der Waals surface area contributed by atoms with Crippen LogP contribution in [0.2, 0.25) is 0 Å². The van der Waals surface area contributed by atoms with Crippen LogP contribution in [0.1, 0.15) is 10.6 Å². The van der Waals surface area contributed by atoms with Crippen molar-refractivity contribution < 1.29 is 14.0 Å². The number of fused-ring (bicyclic) bond motifs is 1. The molecule has 8 nitrogen and oxygen atoms in total. The van der Waals surface area contributed by atoms with Crippen LogP contribution < -0.4 is 5.56 Å². The second-order valence-corrected chi connectivity index (χ2v) is 7.89. The predicted octanol–water partition coefficient (Wildman–Crippen LogP) is 2.64. The lowest BCUT2D eigenvalue weighted by molar-refractivity contribution is -0.133. The zero-order valence-corrected chi connectivity index (χ0v) is 17.9. The summed E-state index contributed by atoms with van der Waals surface area (Å²) in [5.74, 6) is -0.103. The zero-order valence-electron chi connectivity index (χ0n) is 17.9. The molecule has 2 amide bonds. The minimum Gasteiger partial charge on any atom is -0.459 e. The third-order valence-corrected chi connectivity index (χ3v) is 5.87. The number of piperazine rings is 1. The lowest BCUT2D eigenvalue weighted by atomic mass is 10.0. The molecule has 0 bridgehead atoms. The largest absolute Gasteiger partial charge is 0.459 e. The van der Waals surface area contributed by atoms with Crippen LogP contribution in [0.5, 0.6) is 0 Å². The Morgan fingerprint density at radius 1 is 0.848 bits per heavy atom. The number of aromatic nitrogens is 2. The standard InChI is InChI=1S/C25H22N4O4/c30-23-11-10-21(20-8-3-6-18-5-1-2-7-19(18)20)26-29(23)17-24(31)27-12-14-28(15-13-27)25(32)22-9-4-16-33-22/h1-11,16H,12-15,17H2. The summed E-state index contributed by atoms with van der Waals surface area (Å²) >= 11 is 0. The molecule has 4 aromatic rings. The number of hydrogen-bond donors (Lipinski definition) is 0. The van der Waals surface area contributed by atoms with Gasteiger partial charge < -0.3 is 14.2 Å². The van der Waals surface area contributed by atoms with Crippen LogP contribution in [0.25, 0.3) is 22.0 Å². The molecule has 0 radical (unpaired) electrons. The quantitative estimate of drug-likeness (QED) is 0.485. The number of carbonyl (C=O) groups is 2. The fourth-order valence-corrected chi connectivity index (χ4v) is 4.10. The molecular formula is C25H22N4O4. The molecule has 0 unspecified atom stereocenters. The van der Waals surface area contributed by atoms with Crippen molar-refractivity contribution in [3.8, 4) is 11.3 Å². The Labute approximate surface area is 189 Å². The minimum absolute atomic E-state index is 0.149. The first kappa shape index (κ1) is 20.7. The van der Waals surface area contributed by atoms with Gasteiger partial charge >= 0.3 is 0 Å². The zero-order chi connectivity index (χ0) is 22.8. The van der Waals surface area contributed by atoms with Gasteiger partial charge in [-0.25, -0.2) is 4.68 Å². The van der Waals surface area contributed by atoms with Crippen molar-refractivity contribution in [1.82, 2.24) is 19.6 Å². The summed E-state index contributed by atoms with van der Waals surface area (Å²) in [4.78, 5) is 41.0. The van der Waals surface area contributed by atoms with E-state index >= 15 is 0 Å². The van der Waals surface area contributed by atoms with Gasteiger partial charge in [0.1, 0.15) is 6.54 Å². The van der Waals surface area contributed by atoms with E-state index in [9.17, 15) is 14.4 Å². The van der Waals surface area contributed by atoms with E-state index in [1.54, 1.807) is 28.0 Å². The normalized spacial score (nSPS) is 13.9. The fourth-order valence-electron chi connectivity index (χ4n) is 4.10. The molecule has 2 aromatic heterocycles. The molecule has 5 rings (SSSR count). The van der Waals surface area contributed by atoms with Gasteiger partial charge in [-0.2, -0.15) is 5.10 Å². The number of benzene rings is 2. The second-order valence-electron chi connectivity index (χ2n) is 7.89. The highest BCUT2D eigenvalue weighted by atomic mass is 16.3. The number of furan rings is 1. The van der Waals surface area contributed by atoms with Crippen LogP contribution in [-0.4, -0.2) is 57.6 Å². The molecule has 8 heteroatoms. The lowest BCUT2D eigenvalue weighted by Crippen LogP contribution is -2.51. The molecule has 0 saturated carbocycles. The van der Waals surface area contributed by atoms with Crippen molar-refractivity contribution in [3.05, 3.63) is 89.1 Å². The van der Waals surface area contributed by atoms with Crippen LogP contribution in [0.15, 0.2) is 82.2 Å². The Kier molecular flexibility index (Phi) is 5.48. The first-order valence-corrected chi connectivity index (χ1v) is 10.8. The van der Waals surface area contributed by atoms with Crippen LogP contribution >= 0.6 is 0 Å². The van der Waals surface area contributed by atoms with Gasteiger partial charge in [-0.1, -0.05) is 42.5 Å². The monoisotopic (exact) mass is 442 g/mol. The number of hydrogen-bond acceptors (Lipinski definition) is 5. The van der Waals surface area contributed by atoms with Gasteiger partial charge in [0, 0.05) is 37.8 Å². The Balaban J connectivity index is 1.30. The first-order chi connectivity index (χ1) is 16.1. The third-order valence-electron chi connectivity index (χ3n) is 5.87. The van der Waals surface area contributed by atoms with Crippen LogP contribution in [0.4, 0.5) is 0 Å². The third kappa shape index (κ3) is 4.15. The highest BCUT2D eigenvalue weighted by Crippen LogP contribution is 2.26. The molecule has 0 aliphatic carbocycles. The predicted molar refractivity (Wildman–Crippen MR) is 123 cm³/mol. The molecule has 1 aliphatic rings. The van der Waals surface area contributed by atoms with Crippen molar-refractivity contribution >= 4 is 22.6 Å². The van der Waals surface area contributed by atoms with E-state index in [-0.39, 0.29) is 29.7 Å². The van der Waals surface area contributed by atoms with E-state index in [2.05, 4.69) is 5.10 Å². The van der Waals surface area contributed by atoms with Gasteiger partial charge in [-0.3, -0.25) is 14.4 Å². The number of nitrogens with zero attached hydrogens (tertiary/aromatic N) is 4. The fraction of sp³-hybridized carbons (Fsp3) is 0.200. The molecule has 3 heterocycles. The molecular weight excluding hydrogens is 420 g/mol. The first-order valence-electron chi connectivity index (χ1n) is 10.8. The van der Waals surface area contributed by atoms with Gasteiger partial charge in [-0.15, -0.1) is 0 Å². The van der Waals surface area contributed by atoms with Crippen molar-refractivity contribution in [1.29, 1.82) is 0 Å². The number of amides is 2. The van der Waals surface area contributed by atoms with Crippen molar-refractivity contribution in [2.24, 2.45) is 0 Å². The van der Waals surface area contributed by atoms with Gasteiger partial charge in [0.15, 0.2) is 5.76 Å². The van der Waals surface area contributed by atoms with E-state index in [0.717, 1.165) is 16.3 Å². The molecule has 0 N–H and O–H groups in total. The average molecular weight is 442 g/mol. The van der Waals surface area contributed by atoms with Gasteiger partial charge in [0.05, 0.1) is 12.0 Å².